The third-order valence-corrected chi connectivity index (χ3v) is 5.65. The third-order valence-electron chi connectivity index (χ3n) is 4.01. The maximum atomic E-state index is 13.0. The van der Waals surface area contributed by atoms with Crippen molar-refractivity contribution < 1.29 is 4.79 Å². The van der Waals surface area contributed by atoms with Gasteiger partial charge in [0.1, 0.15) is 0 Å². The predicted molar refractivity (Wildman–Crippen MR) is 102 cm³/mol. The number of fused-ring (bicyclic) bond motifs is 1. The Balaban J connectivity index is 1.71. The summed E-state index contributed by atoms with van der Waals surface area (Å²) in [6.07, 6.45) is 0. The highest BCUT2D eigenvalue weighted by molar-refractivity contribution is 7.10. The van der Waals surface area contributed by atoms with Gasteiger partial charge in [-0.15, -0.1) is 11.3 Å². The molecule has 1 N–H and O–H groups in total. The molecule has 4 heteroatoms. The van der Waals surface area contributed by atoms with Crippen LogP contribution in [0.5, 0.6) is 0 Å². The highest BCUT2D eigenvalue weighted by atomic mass is 32.1. The Morgan fingerprint density at radius 2 is 1.79 bits per heavy atom. The highest BCUT2D eigenvalue weighted by Crippen LogP contribution is 2.28. The Labute approximate surface area is 148 Å². The summed E-state index contributed by atoms with van der Waals surface area (Å²) in [5.74, 6) is -0.0450. The van der Waals surface area contributed by atoms with E-state index in [4.69, 9.17) is 0 Å². The van der Waals surface area contributed by atoms with Crippen LogP contribution >= 0.6 is 22.7 Å². The van der Waals surface area contributed by atoms with Gasteiger partial charge in [0.2, 0.25) is 0 Å². The summed E-state index contributed by atoms with van der Waals surface area (Å²) in [4.78, 5) is 14.1. The maximum Gasteiger partial charge on any atom is 0.252 e. The first-order valence-electron chi connectivity index (χ1n) is 7.67. The summed E-state index contributed by atoms with van der Waals surface area (Å²) < 4.78 is 0. The van der Waals surface area contributed by atoms with Crippen LogP contribution in [0.2, 0.25) is 0 Å². The minimum Gasteiger partial charge on any atom is -0.340 e. The molecule has 0 aliphatic rings. The predicted octanol–water partition coefficient (Wildman–Crippen LogP) is 5.48. The Bertz CT molecular complexity index is 919. The first-order valence-corrected chi connectivity index (χ1v) is 9.49. The largest absolute Gasteiger partial charge is 0.340 e. The van der Waals surface area contributed by atoms with Crippen molar-refractivity contribution >= 4 is 39.4 Å². The number of benzene rings is 2. The van der Waals surface area contributed by atoms with E-state index in [2.05, 4.69) is 22.8 Å². The van der Waals surface area contributed by atoms with Gasteiger partial charge in [0, 0.05) is 10.4 Å². The lowest BCUT2D eigenvalue weighted by Crippen LogP contribution is -2.28. The van der Waals surface area contributed by atoms with Crippen molar-refractivity contribution in [3.63, 3.8) is 0 Å². The molecule has 118 valence electrons. The zero-order valence-corrected chi connectivity index (χ0v) is 14.4. The van der Waals surface area contributed by atoms with Gasteiger partial charge in [0.25, 0.3) is 5.91 Å². The van der Waals surface area contributed by atoms with Crippen LogP contribution in [0.3, 0.4) is 0 Å². The minimum atomic E-state index is -0.109. The van der Waals surface area contributed by atoms with Gasteiger partial charge in [0.15, 0.2) is 0 Å². The molecule has 2 aromatic carbocycles. The van der Waals surface area contributed by atoms with Crippen LogP contribution in [0.25, 0.3) is 10.8 Å². The summed E-state index contributed by atoms with van der Waals surface area (Å²) in [7, 11) is 0. The molecule has 0 bridgehead atoms. The molecule has 1 amide bonds. The molecule has 0 aliphatic heterocycles. The molecule has 24 heavy (non-hydrogen) atoms. The summed E-state index contributed by atoms with van der Waals surface area (Å²) >= 11 is 3.30. The van der Waals surface area contributed by atoms with Gasteiger partial charge in [0.05, 0.1) is 6.04 Å². The molecule has 0 fully saturated rings. The number of nitrogens with one attached hydrogen (secondary N) is 1. The van der Waals surface area contributed by atoms with Crippen LogP contribution in [-0.4, -0.2) is 5.91 Å². The number of hydrogen-bond donors (Lipinski definition) is 1. The Kier molecular flexibility index (Phi) is 4.15. The number of carbonyl (C=O) groups excluding carboxylic acids is 1. The van der Waals surface area contributed by atoms with Gasteiger partial charge in [-0.1, -0.05) is 42.5 Å². The van der Waals surface area contributed by atoms with Gasteiger partial charge < -0.3 is 5.32 Å². The summed E-state index contributed by atoms with van der Waals surface area (Å²) in [5, 5.41) is 11.4. The van der Waals surface area contributed by atoms with Crippen LogP contribution in [0, 0.1) is 0 Å². The Morgan fingerprint density at radius 1 is 0.917 bits per heavy atom. The number of rotatable bonds is 4. The number of thiophene rings is 2. The second-order valence-corrected chi connectivity index (χ2v) is 7.26. The van der Waals surface area contributed by atoms with E-state index in [1.165, 1.54) is 0 Å². The van der Waals surface area contributed by atoms with Gasteiger partial charge >= 0.3 is 0 Å². The minimum absolute atomic E-state index is 0.0450. The standard InChI is InChI=1S/C20H15NOS2/c22-20(17-8-3-6-14-5-1-2-7-16(14)17)21-19(15-10-12-23-13-15)18-9-4-11-24-18/h1-13,19H,(H,21,22). The molecule has 0 saturated heterocycles. The number of hydrogen-bond acceptors (Lipinski definition) is 3. The van der Waals surface area contributed by atoms with Crippen molar-refractivity contribution in [3.05, 3.63) is 92.8 Å². The van der Waals surface area contributed by atoms with E-state index in [0.717, 1.165) is 21.2 Å². The topological polar surface area (TPSA) is 29.1 Å². The van der Waals surface area contributed by atoms with Crippen molar-refractivity contribution in [1.82, 2.24) is 5.32 Å². The van der Waals surface area contributed by atoms with Crippen molar-refractivity contribution in [2.75, 3.05) is 0 Å². The van der Waals surface area contributed by atoms with E-state index in [1.54, 1.807) is 22.7 Å². The second-order valence-electron chi connectivity index (χ2n) is 5.51. The molecule has 0 aliphatic carbocycles. The van der Waals surface area contributed by atoms with Crippen LogP contribution < -0.4 is 5.32 Å². The van der Waals surface area contributed by atoms with E-state index in [1.807, 2.05) is 59.3 Å². The average Bonchev–Trinajstić information content (AvgIpc) is 3.32. The van der Waals surface area contributed by atoms with E-state index in [-0.39, 0.29) is 11.9 Å². The Hall–Kier alpha value is -2.43. The van der Waals surface area contributed by atoms with E-state index in [0.29, 0.717) is 5.56 Å². The lowest BCUT2D eigenvalue weighted by molar-refractivity contribution is 0.0945. The number of amides is 1. The van der Waals surface area contributed by atoms with Gasteiger partial charge in [-0.25, -0.2) is 0 Å². The first kappa shape index (κ1) is 15.1. The van der Waals surface area contributed by atoms with Crippen LogP contribution in [0.15, 0.2) is 76.8 Å². The summed E-state index contributed by atoms with van der Waals surface area (Å²) in [6, 6.07) is 19.9. The van der Waals surface area contributed by atoms with Gasteiger partial charge in [-0.3, -0.25) is 4.79 Å². The summed E-state index contributed by atoms with van der Waals surface area (Å²) in [5.41, 5.74) is 1.83. The molecule has 0 radical (unpaired) electrons. The molecular weight excluding hydrogens is 334 g/mol. The molecule has 0 spiro atoms. The zero-order valence-electron chi connectivity index (χ0n) is 12.8. The first-order chi connectivity index (χ1) is 11.8. The lowest BCUT2D eigenvalue weighted by Gasteiger charge is -2.17. The zero-order chi connectivity index (χ0) is 16.4. The van der Waals surface area contributed by atoms with Crippen molar-refractivity contribution in [3.8, 4) is 0 Å². The van der Waals surface area contributed by atoms with Crippen LogP contribution in [0.1, 0.15) is 26.8 Å². The van der Waals surface area contributed by atoms with Crippen molar-refractivity contribution in [2.24, 2.45) is 0 Å². The fraction of sp³-hybridized carbons (Fsp3) is 0.0500. The number of carbonyl (C=O) groups is 1. The van der Waals surface area contributed by atoms with Gasteiger partial charge in [-0.05, 0) is 50.7 Å². The monoisotopic (exact) mass is 349 g/mol. The molecule has 1 atom stereocenters. The van der Waals surface area contributed by atoms with E-state index in [9.17, 15) is 4.79 Å². The Morgan fingerprint density at radius 3 is 2.58 bits per heavy atom. The van der Waals surface area contributed by atoms with E-state index < -0.39 is 0 Å². The van der Waals surface area contributed by atoms with Gasteiger partial charge in [-0.2, -0.15) is 11.3 Å². The molecule has 4 aromatic rings. The fourth-order valence-electron chi connectivity index (χ4n) is 2.85. The normalized spacial score (nSPS) is 12.2. The molecule has 0 saturated carbocycles. The molecule has 1 unspecified atom stereocenters. The third kappa shape index (κ3) is 2.86. The van der Waals surface area contributed by atoms with Crippen LogP contribution in [0.4, 0.5) is 0 Å². The molecule has 4 rings (SSSR count). The molecule has 2 aromatic heterocycles. The summed E-state index contributed by atoms with van der Waals surface area (Å²) in [6.45, 7) is 0. The van der Waals surface area contributed by atoms with Crippen molar-refractivity contribution in [1.29, 1.82) is 0 Å². The lowest BCUT2D eigenvalue weighted by atomic mass is 10.0. The molecule has 2 heterocycles. The fourth-order valence-corrected chi connectivity index (χ4v) is 4.33. The molecular formula is C20H15NOS2. The van der Waals surface area contributed by atoms with Crippen molar-refractivity contribution in [2.45, 2.75) is 6.04 Å². The quantitative estimate of drug-likeness (QED) is 0.519. The SMILES string of the molecule is O=C(NC(c1ccsc1)c1cccs1)c1cccc2ccccc12. The maximum absolute atomic E-state index is 13.0. The molecule has 2 nitrogen and oxygen atoms in total. The second kappa shape index (κ2) is 6.59. The van der Waals surface area contributed by atoms with E-state index >= 15 is 0 Å². The highest BCUT2D eigenvalue weighted by Gasteiger charge is 2.20. The van der Waals surface area contributed by atoms with Crippen LogP contribution in [-0.2, 0) is 0 Å². The smallest absolute Gasteiger partial charge is 0.252 e. The average molecular weight is 349 g/mol.